The van der Waals surface area contributed by atoms with Crippen LogP contribution < -0.4 is 0 Å². The van der Waals surface area contributed by atoms with E-state index in [1.807, 2.05) is 39.8 Å². The third-order valence-corrected chi connectivity index (χ3v) is 4.30. The summed E-state index contributed by atoms with van der Waals surface area (Å²) in [4.78, 5) is 0. The van der Waals surface area contributed by atoms with Crippen LogP contribution in [0.1, 0.15) is 90.5 Å². The quantitative estimate of drug-likeness (QED) is 0.324. The van der Waals surface area contributed by atoms with E-state index in [2.05, 4.69) is 12.1 Å². The molecule has 1 N–H and O–H groups in total. The van der Waals surface area contributed by atoms with Crippen LogP contribution in [0.25, 0.3) is 0 Å². The van der Waals surface area contributed by atoms with E-state index in [0.717, 1.165) is 19.3 Å². The van der Waals surface area contributed by atoms with Gasteiger partial charge in [-0.15, -0.1) is 0 Å². The average Bonchev–Trinajstić information content (AvgIpc) is 2.68. The van der Waals surface area contributed by atoms with Crippen LogP contribution in [-0.2, 0) is 0 Å². The van der Waals surface area contributed by atoms with Crippen molar-refractivity contribution in [3.63, 3.8) is 0 Å². The summed E-state index contributed by atoms with van der Waals surface area (Å²) in [6.45, 7) is 7.86. The molecule has 0 spiro atoms. The van der Waals surface area contributed by atoms with E-state index in [9.17, 15) is 4.39 Å². The summed E-state index contributed by atoms with van der Waals surface area (Å²) in [6.07, 6.45) is 15.3. The lowest BCUT2D eigenvalue weighted by atomic mass is 9.84. The van der Waals surface area contributed by atoms with Crippen LogP contribution in [0, 0.1) is 5.82 Å². The number of halogens is 1. The van der Waals surface area contributed by atoms with Gasteiger partial charge in [0.1, 0.15) is 5.82 Å². The molecule has 142 valence electrons. The van der Waals surface area contributed by atoms with Crippen molar-refractivity contribution >= 4 is 0 Å². The molecule has 1 aromatic carbocycles. The van der Waals surface area contributed by atoms with Gasteiger partial charge < -0.3 is 5.11 Å². The smallest absolute Gasteiger partial charge is 0.123 e. The number of allylic oxidation sites excluding steroid dienone is 4. The molecule has 2 rings (SSSR count). The summed E-state index contributed by atoms with van der Waals surface area (Å²) in [5, 5.41) is 8.99. The topological polar surface area (TPSA) is 20.2 Å². The molecule has 0 unspecified atom stereocenters. The van der Waals surface area contributed by atoms with Gasteiger partial charge in [0.15, 0.2) is 0 Å². The molecule has 1 aliphatic carbocycles. The van der Waals surface area contributed by atoms with Gasteiger partial charge >= 0.3 is 0 Å². The summed E-state index contributed by atoms with van der Waals surface area (Å²) in [6, 6.07) is 7.08. The third-order valence-electron chi connectivity index (χ3n) is 4.30. The van der Waals surface area contributed by atoms with E-state index in [1.54, 1.807) is 12.1 Å². The molecule has 1 aliphatic rings. The Labute approximate surface area is 154 Å². The highest BCUT2D eigenvalue weighted by atomic mass is 19.1. The van der Waals surface area contributed by atoms with Crippen LogP contribution >= 0.6 is 0 Å². The van der Waals surface area contributed by atoms with Crippen molar-refractivity contribution in [3.8, 4) is 0 Å². The molecule has 0 bridgehead atoms. The van der Waals surface area contributed by atoms with Crippen LogP contribution in [-0.4, -0.2) is 5.11 Å². The van der Waals surface area contributed by atoms with E-state index in [1.165, 1.54) is 43.7 Å². The molecule has 0 atom stereocenters. The van der Waals surface area contributed by atoms with Gasteiger partial charge in [-0.25, -0.2) is 4.39 Å². The van der Waals surface area contributed by atoms with Crippen molar-refractivity contribution in [1.29, 1.82) is 0 Å². The van der Waals surface area contributed by atoms with Crippen molar-refractivity contribution < 1.29 is 9.50 Å². The normalized spacial score (nSPS) is 15.2. The number of unbranched alkanes of at least 4 members (excludes halogenated alkanes) is 1. The van der Waals surface area contributed by atoms with Crippen LogP contribution in [0.4, 0.5) is 4.39 Å². The van der Waals surface area contributed by atoms with Crippen LogP contribution in [0.2, 0.25) is 0 Å². The highest BCUT2D eigenvalue weighted by Gasteiger charge is 2.15. The second kappa shape index (κ2) is 15.9. The van der Waals surface area contributed by atoms with Crippen LogP contribution in [0.15, 0.2) is 48.3 Å². The predicted octanol–water partition coefficient (Wildman–Crippen LogP) is 8.09. The molecule has 2 heteroatoms. The summed E-state index contributed by atoms with van der Waals surface area (Å²) in [5.41, 5.74) is 1.19. The SMILES string of the molecule is C/C=C\CCC/C(O)=C\C.CC.Fc1cccc(C2CCCCC2)c1. The molecule has 0 amide bonds. The maximum absolute atomic E-state index is 12.9. The van der Waals surface area contributed by atoms with E-state index in [0.29, 0.717) is 11.7 Å². The second-order valence-electron chi connectivity index (χ2n) is 6.13. The Kier molecular flexibility index (Phi) is 14.9. The first-order chi connectivity index (χ1) is 12.2. The van der Waals surface area contributed by atoms with Gasteiger partial charge in [-0.3, -0.25) is 0 Å². The van der Waals surface area contributed by atoms with Crippen LogP contribution in [0.3, 0.4) is 0 Å². The van der Waals surface area contributed by atoms with E-state index in [4.69, 9.17) is 5.11 Å². The lowest BCUT2D eigenvalue weighted by Crippen LogP contribution is -2.04. The summed E-state index contributed by atoms with van der Waals surface area (Å²) in [7, 11) is 0. The van der Waals surface area contributed by atoms with Crippen molar-refractivity contribution in [3.05, 3.63) is 59.6 Å². The first kappa shape index (κ1) is 23.4. The zero-order valence-corrected chi connectivity index (χ0v) is 16.6. The largest absolute Gasteiger partial charge is 0.513 e. The minimum atomic E-state index is -0.0944. The fourth-order valence-electron chi connectivity index (χ4n) is 2.91. The van der Waals surface area contributed by atoms with E-state index in [-0.39, 0.29) is 5.82 Å². The molecule has 0 aromatic heterocycles. The van der Waals surface area contributed by atoms with Gasteiger partial charge in [0.05, 0.1) is 5.76 Å². The summed E-state index contributed by atoms with van der Waals surface area (Å²) >= 11 is 0. The zero-order valence-electron chi connectivity index (χ0n) is 16.6. The molecule has 1 fully saturated rings. The first-order valence-electron chi connectivity index (χ1n) is 9.88. The minimum absolute atomic E-state index is 0.0944. The molecule has 1 saturated carbocycles. The molecule has 0 saturated heterocycles. The van der Waals surface area contributed by atoms with Gasteiger partial charge in [-0.2, -0.15) is 0 Å². The highest BCUT2D eigenvalue weighted by molar-refractivity contribution is 5.20. The monoisotopic (exact) mass is 348 g/mol. The average molecular weight is 349 g/mol. The fraction of sp³-hybridized carbons (Fsp3) is 0.565. The Bertz CT molecular complexity index is 485. The van der Waals surface area contributed by atoms with Crippen molar-refractivity contribution in [2.24, 2.45) is 0 Å². The molecule has 0 radical (unpaired) electrons. The van der Waals surface area contributed by atoms with Gasteiger partial charge in [0.25, 0.3) is 0 Å². The number of benzene rings is 1. The second-order valence-corrected chi connectivity index (χ2v) is 6.13. The Morgan fingerprint density at radius 1 is 1.16 bits per heavy atom. The molecular formula is C23H37FO. The van der Waals surface area contributed by atoms with Gasteiger partial charge in [0.2, 0.25) is 0 Å². The number of rotatable bonds is 5. The predicted molar refractivity (Wildman–Crippen MR) is 109 cm³/mol. The summed E-state index contributed by atoms with van der Waals surface area (Å²) < 4.78 is 12.9. The first-order valence-corrected chi connectivity index (χ1v) is 9.88. The van der Waals surface area contributed by atoms with Crippen molar-refractivity contribution in [2.75, 3.05) is 0 Å². The zero-order chi connectivity index (χ0) is 18.9. The molecule has 0 aliphatic heterocycles. The Balaban J connectivity index is 0.000000434. The molecule has 1 aromatic rings. The Morgan fingerprint density at radius 2 is 1.84 bits per heavy atom. The number of hydrogen-bond donors (Lipinski definition) is 1. The molecule has 25 heavy (non-hydrogen) atoms. The van der Waals surface area contributed by atoms with E-state index >= 15 is 0 Å². The lowest BCUT2D eigenvalue weighted by molar-refractivity contribution is 0.383. The summed E-state index contributed by atoms with van der Waals surface area (Å²) in [5.74, 6) is 1.03. The molecular weight excluding hydrogens is 311 g/mol. The van der Waals surface area contributed by atoms with Crippen molar-refractivity contribution in [2.45, 2.75) is 85.0 Å². The fourth-order valence-corrected chi connectivity index (χ4v) is 2.91. The van der Waals surface area contributed by atoms with Gasteiger partial charge in [-0.05, 0) is 69.2 Å². The Morgan fingerprint density at radius 3 is 2.40 bits per heavy atom. The molecule has 1 nitrogen and oxygen atoms in total. The number of aliphatic hydroxyl groups excluding tert-OH is 1. The van der Waals surface area contributed by atoms with Crippen molar-refractivity contribution in [1.82, 2.24) is 0 Å². The number of aliphatic hydroxyl groups is 1. The highest BCUT2D eigenvalue weighted by Crippen LogP contribution is 2.32. The van der Waals surface area contributed by atoms with Gasteiger partial charge in [0, 0.05) is 6.42 Å². The standard InChI is InChI=1S/C12H15F.C9H16O.C2H6/c13-12-8-4-7-11(9-12)10-5-2-1-3-6-10;1-3-5-6-7-8-9(10)4-2;1-2/h4,7-10H,1-3,5-6H2;3-5,10H,6-8H2,1-2H3;1-2H3/b;5-3-,9-4+;. The minimum Gasteiger partial charge on any atom is -0.513 e. The van der Waals surface area contributed by atoms with Gasteiger partial charge in [-0.1, -0.05) is 57.4 Å². The third kappa shape index (κ3) is 11.6. The Hall–Kier alpha value is -1.57. The van der Waals surface area contributed by atoms with Crippen LogP contribution in [0.5, 0.6) is 0 Å². The lowest BCUT2D eigenvalue weighted by Gasteiger charge is -2.21. The van der Waals surface area contributed by atoms with E-state index < -0.39 is 0 Å². The molecule has 0 heterocycles. The number of hydrogen-bond acceptors (Lipinski definition) is 1. The maximum atomic E-state index is 12.9. The maximum Gasteiger partial charge on any atom is 0.123 e.